The van der Waals surface area contributed by atoms with E-state index in [1.807, 2.05) is 6.92 Å². The summed E-state index contributed by atoms with van der Waals surface area (Å²) in [5.74, 6) is 0.129. The molecule has 0 aliphatic heterocycles. The Bertz CT molecular complexity index is 321. The first kappa shape index (κ1) is 12.1. The fourth-order valence-electron chi connectivity index (χ4n) is 1.36. The van der Waals surface area contributed by atoms with Gasteiger partial charge in [0.2, 0.25) is 5.91 Å². The summed E-state index contributed by atoms with van der Waals surface area (Å²) in [7, 11) is 0. The van der Waals surface area contributed by atoms with Crippen molar-refractivity contribution in [2.75, 3.05) is 5.32 Å². The number of carbonyl (C=O) groups excluding carboxylic acids is 1. The lowest BCUT2D eigenvalue weighted by Crippen LogP contribution is -2.20. The van der Waals surface area contributed by atoms with Gasteiger partial charge in [0.05, 0.1) is 0 Å². The van der Waals surface area contributed by atoms with Crippen molar-refractivity contribution < 1.29 is 4.79 Å². The molecule has 1 atom stereocenters. The van der Waals surface area contributed by atoms with Crippen LogP contribution in [0.25, 0.3) is 0 Å². The molecule has 0 aliphatic rings. The topological polar surface area (TPSA) is 29.1 Å². The summed E-state index contributed by atoms with van der Waals surface area (Å²) < 4.78 is 0. The maximum absolute atomic E-state index is 11.6. The Hall–Kier alpha value is -1.02. The third kappa shape index (κ3) is 3.92. The van der Waals surface area contributed by atoms with Crippen molar-refractivity contribution in [2.45, 2.75) is 26.7 Å². The van der Waals surface area contributed by atoms with Crippen molar-refractivity contribution in [2.24, 2.45) is 5.92 Å². The SMILES string of the molecule is CCC[C@H](C)C(=O)Nc1ccc(Cl)cc1. The normalized spacial score (nSPS) is 12.2. The van der Waals surface area contributed by atoms with E-state index in [1.54, 1.807) is 24.3 Å². The average molecular weight is 226 g/mol. The van der Waals surface area contributed by atoms with Crippen LogP contribution in [-0.2, 0) is 4.79 Å². The molecule has 1 N–H and O–H groups in total. The molecular weight excluding hydrogens is 210 g/mol. The average Bonchev–Trinajstić information content (AvgIpc) is 2.22. The van der Waals surface area contributed by atoms with Crippen LogP contribution >= 0.6 is 11.6 Å². The van der Waals surface area contributed by atoms with E-state index in [4.69, 9.17) is 11.6 Å². The summed E-state index contributed by atoms with van der Waals surface area (Å²) >= 11 is 5.75. The van der Waals surface area contributed by atoms with E-state index in [0.29, 0.717) is 5.02 Å². The number of nitrogens with one attached hydrogen (secondary N) is 1. The van der Waals surface area contributed by atoms with Crippen molar-refractivity contribution in [3.05, 3.63) is 29.3 Å². The predicted molar refractivity (Wildman–Crippen MR) is 64.2 cm³/mol. The Morgan fingerprint density at radius 3 is 2.53 bits per heavy atom. The zero-order chi connectivity index (χ0) is 11.3. The van der Waals surface area contributed by atoms with Gasteiger partial charge in [0.25, 0.3) is 0 Å². The van der Waals surface area contributed by atoms with Crippen molar-refractivity contribution in [1.29, 1.82) is 0 Å². The number of carbonyl (C=O) groups is 1. The number of hydrogen-bond donors (Lipinski definition) is 1. The van der Waals surface area contributed by atoms with Crippen LogP contribution in [0.2, 0.25) is 5.02 Å². The lowest BCUT2D eigenvalue weighted by atomic mass is 10.1. The molecular formula is C12H16ClNO. The van der Waals surface area contributed by atoms with Crippen molar-refractivity contribution in [3.8, 4) is 0 Å². The molecule has 0 fully saturated rings. The summed E-state index contributed by atoms with van der Waals surface area (Å²) in [5, 5.41) is 3.53. The first-order chi connectivity index (χ1) is 7.13. The van der Waals surface area contributed by atoms with Gasteiger partial charge in [0.1, 0.15) is 0 Å². The lowest BCUT2D eigenvalue weighted by Gasteiger charge is -2.10. The summed E-state index contributed by atoms with van der Waals surface area (Å²) in [6.45, 7) is 4.01. The minimum Gasteiger partial charge on any atom is -0.326 e. The molecule has 0 radical (unpaired) electrons. The van der Waals surface area contributed by atoms with Crippen LogP contribution in [0, 0.1) is 5.92 Å². The first-order valence-corrected chi connectivity index (χ1v) is 5.57. The maximum atomic E-state index is 11.6. The molecule has 82 valence electrons. The quantitative estimate of drug-likeness (QED) is 0.832. The Morgan fingerprint density at radius 2 is 2.00 bits per heavy atom. The molecule has 1 aromatic rings. The molecule has 2 nitrogen and oxygen atoms in total. The summed E-state index contributed by atoms with van der Waals surface area (Å²) in [4.78, 5) is 11.6. The van der Waals surface area contributed by atoms with Crippen LogP contribution in [0.15, 0.2) is 24.3 Å². The molecule has 0 aliphatic carbocycles. The fraction of sp³-hybridized carbons (Fsp3) is 0.417. The minimum absolute atomic E-state index is 0.0608. The molecule has 0 bridgehead atoms. The maximum Gasteiger partial charge on any atom is 0.227 e. The van der Waals surface area contributed by atoms with Crippen LogP contribution in [0.3, 0.4) is 0 Å². The second-order valence-electron chi connectivity index (χ2n) is 3.69. The van der Waals surface area contributed by atoms with E-state index in [-0.39, 0.29) is 11.8 Å². The Kier molecular flexibility index (Phi) is 4.63. The standard InChI is InChI=1S/C12H16ClNO/c1-3-4-9(2)12(15)14-11-7-5-10(13)6-8-11/h5-9H,3-4H2,1-2H3,(H,14,15)/t9-/m0/s1. The second-order valence-corrected chi connectivity index (χ2v) is 4.12. The van der Waals surface area contributed by atoms with Gasteiger partial charge in [-0.3, -0.25) is 4.79 Å². The van der Waals surface area contributed by atoms with Gasteiger partial charge in [-0.1, -0.05) is 31.9 Å². The van der Waals surface area contributed by atoms with Crippen LogP contribution in [-0.4, -0.2) is 5.91 Å². The van der Waals surface area contributed by atoms with Crippen molar-refractivity contribution in [1.82, 2.24) is 0 Å². The number of rotatable bonds is 4. The Morgan fingerprint density at radius 1 is 1.40 bits per heavy atom. The van der Waals surface area contributed by atoms with Crippen LogP contribution < -0.4 is 5.32 Å². The van der Waals surface area contributed by atoms with E-state index >= 15 is 0 Å². The monoisotopic (exact) mass is 225 g/mol. The fourth-order valence-corrected chi connectivity index (χ4v) is 1.49. The highest BCUT2D eigenvalue weighted by molar-refractivity contribution is 6.30. The van der Waals surface area contributed by atoms with Gasteiger partial charge in [-0.15, -0.1) is 0 Å². The van der Waals surface area contributed by atoms with Gasteiger partial charge in [0.15, 0.2) is 0 Å². The summed E-state index contributed by atoms with van der Waals surface area (Å²) in [6, 6.07) is 7.14. The summed E-state index contributed by atoms with van der Waals surface area (Å²) in [5.41, 5.74) is 0.798. The third-order valence-corrected chi connectivity index (χ3v) is 2.53. The largest absolute Gasteiger partial charge is 0.326 e. The molecule has 1 rings (SSSR count). The number of hydrogen-bond acceptors (Lipinski definition) is 1. The third-order valence-electron chi connectivity index (χ3n) is 2.28. The predicted octanol–water partition coefficient (Wildman–Crippen LogP) is 3.71. The highest BCUT2D eigenvalue weighted by Crippen LogP contribution is 2.15. The molecule has 0 saturated heterocycles. The molecule has 0 spiro atoms. The molecule has 1 aromatic carbocycles. The van der Waals surface area contributed by atoms with E-state index < -0.39 is 0 Å². The molecule has 0 unspecified atom stereocenters. The highest BCUT2D eigenvalue weighted by atomic mass is 35.5. The molecule has 1 amide bonds. The number of benzene rings is 1. The smallest absolute Gasteiger partial charge is 0.227 e. The van der Waals surface area contributed by atoms with E-state index in [9.17, 15) is 4.79 Å². The second kappa shape index (κ2) is 5.76. The van der Waals surface area contributed by atoms with Crippen molar-refractivity contribution >= 4 is 23.2 Å². The van der Waals surface area contributed by atoms with Crippen molar-refractivity contribution in [3.63, 3.8) is 0 Å². The van der Waals surface area contributed by atoms with Gasteiger partial charge in [-0.25, -0.2) is 0 Å². The van der Waals surface area contributed by atoms with Gasteiger partial charge in [0, 0.05) is 16.6 Å². The summed E-state index contributed by atoms with van der Waals surface area (Å²) in [6.07, 6.45) is 1.94. The molecule has 15 heavy (non-hydrogen) atoms. The van der Waals surface area contributed by atoms with Gasteiger partial charge < -0.3 is 5.32 Å². The Labute approximate surface area is 95.6 Å². The van der Waals surface area contributed by atoms with Crippen LogP contribution in [0.1, 0.15) is 26.7 Å². The lowest BCUT2D eigenvalue weighted by molar-refractivity contribution is -0.119. The highest BCUT2D eigenvalue weighted by Gasteiger charge is 2.11. The van der Waals surface area contributed by atoms with Gasteiger partial charge in [-0.05, 0) is 30.7 Å². The molecule has 0 saturated carbocycles. The van der Waals surface area contributed by atoms with Gasteiger partial charge in [-0.2, -0.15) is 0 Å². The van der Waals surface area contributed by atoms with Gasteiger partial charge >= 0.3 is 0 Å². The molecule has 0 aromatic heterocycles. The number of amides is 1. The molecule has 0 heterocycles. The van der Waals surface area contributed by atoms with Crippen LogP contribution in [0.4, 0.5) is 5.69 Å². The number of anilines is 1. The molecule has 3 heteroatoms. The zero-order valence-corrected chi connectivity index (χ0v) is 9.84. The van der Waals surface area contributed by atoms with E-state index in [1.165, 1.54) is 0 Å². The van der Waals surface area contributed by atoms with E-state index in [2.05, 4.69) is 12.2 Å². The minimum atomic E-state index is 0.0608. The van der Waals surface area contributed by atoms with E-state index in [0.717, 1.165) is 18.5 Å². The number of halogens is 1. The van der Waals surface area contributed by atoms with Crippen LogP contribution in [0.5, 0.6) is 0 Å². The Balaban J connectivity index is 2.54. The zero-order valence-electron chi connectivity index (χ0n) is 9.09. The first-order valence-electron chi connectivity index (χ1n) is 5.20.